The molecule has 4 rings (SSSR count). The van der Waals surface area contributed by atoms with E-state index in [4.69, 9.17) is 0 Å². The van der Waals surface area contributed by atoms with Crippen LogP contribution in [0.1, 0.15) is 17.3 Å². The second-order valence-corrected chi connectivity index (χ2v) is 7.64. The van der Waals surface area contributed by atoms with Crippen LogP contribution in [-0.4, -0.2) is 34.3 Å². The lowest BCUT2D eigenvalue weighted by molar-refractivity contribution is -0.193. The van der Waals surface area contributed by atoms with Crippen LogP contribution in [0.15, 0.2) is 53.4 Å². The molecule has 0 saturated carbocycles. The molecule has 0 bridgehead atoms. The number of benzene rings is 2. The maximum atomic E-state index is 13.9. The first-order valence-corrected chi connectivity index (χ1v) is 9.67. The lowest BCUT2D eigenvalue weighted by Gasteiger charge is -2.36. The van der Waals surface area contributed by atoms with Crippen LogP contribution in [-0.2, 0) is 11.2 Å². The molecule has 0 fully saturated rings. The number of carbonyl (C=O) groups excluding carboxylic acids is 1. The van der Waals surface area contributed by atoms with E-state index in [-0.39, 0.29) is 18.0 Å². The van der Waals surface area contributed by atoms with E-state index in [1.165, 1.54) is 24.3 Å². The largest absolute Gasteiger partial charge is 0.414 e. The summed E-state index contributed by atoms with van der Waals surface area (Å²) < 4.78 is 54.7. The molecule has 1 N–H and O–H groups in total. The number of fused-ring (bicyclic) bond motifs is 3. The van der Waals surface area contributed by atoms with Gasteiger partial charge in [-0.3, -0.25) is 4.79 Å². The Morgan fingerprint density at radius 1 is 1.14 bits per heavy atom. The van der Waals surface area contributed by atoms with Gasteiger partial charge in [0, 0.05) is 22.3 Å². The van der Waals surface area contributed by atoms with Gasteiger partial charge in [0.2, 0.25) is 5.91 Å². The average Bonchev–Trinajstić information content (AvgIpc) is 3.04. The fourth-order valence-electron chi connectivity index (χ4n) is 3.61. The Kier molecular flexibility index (Phi) is 4.82. The normalized spacial score (nSPS) is 17.0. The second kappa shape index (κ2) is 7.16. The van der Waals surface area contributed by atoms with Gasteiger partial charge in [-0.25, -0.2) is 4.39 Å². The third-order valence-corrected chi connectivity index (χ3v) is 5.84. The Balaban J connectivity index is 1.61. The number of rotatable bonds is 3. The topological polar surface area (TPSA) is 36.1 Å². The van der Waals surface area contributed by atoms with Gasteiger partial charge in [0.05, 0.1) is 11.4 Å². The minimum atomic E-state index is -4.59. The first kappa shape index (κ1) is 18.9. The van der Waals surface area contributed by atoms with Gasteiger partial charge >= 0.3 is 6.18 Å². The molecule has 3 aromatic rings. The molecule has 3 nitrogen and oxygen atoms in total. The van der Waals surface area contributed by atoms with E-state index >= 15 is 0 Å². The van der Waals surface area contributed by atoms with E-state index in [1.54, 1.807) is 24.3 Å². The van der Waals surface area contributed by atoms with Gasteiger partial charge in [0.1, 0.15) is 5.82 Å². The van der Waals surface area contributed by atoms with Crippen molar-refractivity contribution in [1.29, 1.82) is 0 Å². The van der Waals surface area contributed by atoms with Crippen LogP contribution in [0.25, 0.3) is 10.9 Å². The molecule has 0 spiro atoms. The molecule has 0 saturated heterocycles. The molecule has 2 heterocycles. The van der Waals surface area contributed by atoms with Gasteiger partial charge in [-0.05, 0) is 42.3 Å². The van der Waals surface area contributed by atoms with Gasteiger partial charge in [-0.2, -0.15) is 13.2 Å². The summed E-state index contributed by atoms with van der Waals surface area (Å²) >= 11 is 1.09. The minimum absolute atomic E-state index is 0.00182. The van der Waals surface area contributed by atoms with E-state index < -0.39 is 23.9 Å². The molecule has 1 aromatic heterocycles. The molecule has 8 heteroatoms. The minimum Gasteiger partial charge on any atom is -0.356 e. The number of hydrogen-bond donors (Lipinski definition) is 1. The summed E-state index contributed by atoms with van der Waals surface area (Å²) in [5.41, 5.74) is 1.30. The monoisotopic (exact) mass is 408 g/mol. The third kappa shape index (κ3) is 3.48. The summed E-state index contributed by atoms with van der Waals surface area (Å²) in [5, 5.41) is 0.763. The maximum Gasteiger partial charge on any atom is 0.414 e. The summed E-state index contributed by atoms with van der Waals surface area (Å²) in [4.78, 5) is 17.0. The molecule has 1 aliphatic heterocycles. The molecule has 1 unspecified atom stereocenters. The van der Waals surface area contributed by atoms with Crippen LogP contribution in [0.3, 0.4) is 0 Å². The van der Waals surface area contributed by atoms with Crippen molar-refractivity contribution in [3.63, 3.8) is 0 Å². The van der Waals surface area contributed by atoms with Crippen molar-refractivity contribution >= 4 is 28.6 Å². The van der Waals surface area contributed by atoms with Gasteiger partial charge in [-0.1, -0.05) is 18.2 Å². The van der Waals surface area contributed by atoms with Crippen molar-refractivity contribution in [3.05, 3.63) is 65.6 Å². The zero-order valence-corrected chi connectivity index (χ0v) is 15.4. The van der Waals surface area contributed by atoms with Gasteiger partial charge in [0.25, 0.3) is 0 Å². The first-order valence-electron chi connectivity index (χ1n) is 8.68. The number of aromatic nitrogens is 1. The molecular formula is C20H16F4N2OS. The number of H-pyrrole nitrogens is 1. The molecule has 1 amide bonds. The van der Waals surface area contributed by atoms with Crippen molar-refractivity contribution in [3.8, 4) is 0 Å². The van der Waals surface area contributed by atoms with E-state index in [9.17, 15) is 22.4 Å². The van der Waals surface area contributed by atoms with Crippen LogP contribution in [0.4, 0.5) is 17.6 Å². The number of thioether (sulfide) groups is 1. The highest BCUT2D eigenvalue weighted by Gasteiger charge is 2.50. The van der Waals surface area contributed by atoms with Gasteiger partial charge in [-0.15, -0.1) is 11.8 Å². The van der Waals surface area contributed by atoms with Crippen LogP contribution >= 0.6 is 11.8 Å². The van der Waals surface area contributed by atoms with Crippen molar-refractivity contribution in [1.82, 2.24) is 9.88 Å². The van der Waals surface area contributed by atoms with E-state index in [1.807, 2.05) is 0 Å². The summed E-state index contributed by atoms with van der Waals surface area (Å²) in [6, 6.07) is 10.6. The number of nitrogens with one attached hydrogen (secondary N) is 1. The molecule has 1 atom stereocenters. The molecule has 0 aliphatic carbocycles. The standard InChI is InChI=1S/C20H16F4N2OS/c21-12-5-7-13(8-6-12)28-11-17(27)26-10-9-15-14-3-1-2-4-16(14)25-18(15)19(26)20(22,23)24/h1-8,19,25H,9-11H2. The summed E-state index contributed by atoms with van der Waals surface area (Å²) in [5.74, 6) is -1.15. The molecule has 1 aliphatic rings. The zero-order chi connectivity index (χ0) is 19.9. The van der Waals surface area contributed by atoms with E-state index in [0.29, 0.717) is 22.4 Å². The summed E-state index contributed by atoms with van der Waals surface area (Å²) in [6.07, 6.45) is -4.23. The number of nitrogens with zero attached hydrogens (tertiary/aromatic N) is 1. The Morgan fingerprint density at radius 2 is 1.86 bits per heavy atom. The van der Waals surface area contributed by atoms with Gasteiger partial charge in [0.15, 0.2) is 6.04 Å². The van der Waals surface area contributed by atoms with Crippen molar-refractivity contribution in [2.75, 3.05) is 12.3 Å². The lowest BCUT2D eigenvalue weighted by atomic mass is 9.97. The summed E-state index contributed by atoms with van der Waals surface area (Å²) in [7, 11) is 0. The van der Waals surface area contributed by atoms with Crippen LogP contribution in [0, 0.1) is 5.82 Å². The Hall–Kier alpha value is -2.48. The van der Waals surface area contributed by atoms with Gasteiger partial charge < -0.3 is 9.88 Å². The molecule has 28 heavy (non-hydrogen) atoms. The molecule has 2 aromatic carbocycles. The van der Waals surface area contributed by atoms with Crippen molar-refractivity contribution in [2.24, 2.45) is 0 Å². The predicted molar refractivity (Wildman–Crippen MR) is 99.6 cm³/mol. The van der Waals surface area contributed by atoms with Crippen LogP contribution in [0.2, 0.25) is 0 Å². The number of amides is 1. The van der Waals surface area contributed by atoms with Crippen molar-refractivity contribution in [2.45, 2.75) is 23.5 Å². The molecule has 0 radical (unpaired) electrons. The number of para-hydroxylation sites is 1. The lowest BCUT2D eigenvalue weighted by Crippen LogP contribution is -2.47. The smallest absolute Gasteiger partial charge is 0.356 e. The van der Waals surface area contributed by atoms with Crippen molar-refractivity contribution < 1.29 is 22.4 Å². The van der Waals surface area contributed by atoms with Crippen LogP contribution in [0.5, 0.6) is 0 Å². The highest BCUT2D eigenvalue weighted by atomic mass is 32.2. The summed E-state index contributed by atoms with van der Waals surface area (Å²) in [6.45, 7) is 0.00182. The van der Waals surface area contributed by atoms with E-state index in [2.05, 4.69) is 4.98 Å². The number of hydrogen-bond acceptors (Lipinski definition) is 2. The fourth-order valence-corrected chi connectivity index (χ4v) is 4.39. The first-order chi connectivity index (χ1) is 13.3. The number of alkyl halides is 3. The average molecular weight is 408 g/mol. The maximum absolute atomic E-state index is 13.9. The number of halogens is 4. The third-order valence-electron chi connectivity index (χ3n) is 4.84. The quantitative estimate of drug-likeness (QED) is 0.484. The fraction of sp³-hybridized carbons (Fsp3) is 0.250. The predicted octanol–water partition coefficient (Wildman–Crippen LogP) is 5.09. The highest BCUT2D eigenvalue weighted by molar-refractivity contribution is 8.00. The Bertz CT molecular complexity index is 1010. The van der Waals surface area contributed by atoms with E-state index in [0.717, 1.165) is 22.0 Å². The van der Waals surface area contributed by atoms with Crippen LogP contribution < -0.4 is 0 Å². The number of aromatic amines is 1. The Labute approximate surface area is 162 Å². The molecular weight excluding hydrogens is 392 g/mol. The highest BCUT2D eigenvalue weighted by Crippen LogP contribution is 2.44. The Morgan fingerprint density at radius 3 is 2.57 bits per heavy atom. The SMILES string of the molecule is O=C(CSc1ccc(F)cc1)N1CCc2c([nH]c3ccccc23)C1C(F)(F)F. The zero-order valence-electron chi connectivity index (χ0n) is 14.6. The molecule has 146 valence electrons. The number of carbonyl (C=O) groups is 1. The second-order valence-electron chi connectivity index (χ2n) is 6.59.